The lowest BCUT2D eigenvalue weighted by atomic mass is 10.1. The van der Waals surface area contributed by atoms with Gasteiger partial charge in [-0.3, -0.25) is 4.79 Å². The zero-order valence-electron chi connectivity index (χ0n) is 16.8. The monoisotopic (exact) mass is 415 g/mol. The Labute approximate surface area is 173 Å². The highest BCUT2D eigenvalue weighted by atomic mass is 32.2. The van der Waals surface area contributed by atoms with Gasteiger partial charge < -0.3 is 5.11 Å². The molecule has 29 heavy (non-hydrogen) atoms. The molecule has 0 unspecified atom stereocenters. The molecule has 0 amide bonds. The molecule has 0 spiro atoms. The average molecular weight is 416 g/mol. The normalized spacial score (nSPS) is 11.9. The van der Waals surface area contributed by atoms with Crippen LogP contribution in [0.25, 0.3) is 12.2 Å². The fourth-order valence-electron chi connectivity index (χ4n) is 2.97. The van der Waals surface area contributed by atoms with Crippen LogP contribution in [0.4, 0.5) is 0 Å². The summed E-state index contributed by atoms with van der Waals surface area (Å²) in [6.07, 6.45) is 8.45. The van der Waals surface area contributed by atoms with E-state index in [1.807, 2.05) is 66.7 Å². The molecule has 0 aliphatic heterocycles. The number of sulfonamides is 1. The Morgan fingerprint density at radius 3 is 2.07 bits per heavy atom. The van der Waals surface area contributed by atoms with Crippen molar-refractivity contribution >= 4 is 28.1 Å². The molecular formula is C23H29NO4S. The topological polar surface area (TPSA) is 74.7 Å². The molecule has 2 rings (SSSR count). The van der Waals surface area contributed by atoms with Gasteiger partial charge in [0.15, 0.2) is 0 Å². The number of carboxylic acid groups (broad SMARTS) is 1. The van der Waals surface area contributed by atoms with Gasteiger partial charge >= 0.3 is 5.97 Å². The average Bonchev–Trinajstić information content (AvgIpc) is 2.69. The largest absolute Gasteiger partial charge is 0.481 e. The van der Waals surface area contributed by atoms with Crippen LogP contribution in [0.5, 0.6) is 0 Å². The molecule has 0 aromatic heterocycles. The Morgan fingerprint density at radius 1 is 0.897 bits per heavy atom. The van der Waals surface area contributed by atoms with Gasteiger partial charge in [-0.25, -0.2) is 8.42 Å². The van der Waals surface area contributed by atoms with Gasteiger partial charge in [0.25, 0.3) is 0 Å². The van der Waals surface area contributed by atoms with Gasteiger partial charge in [0.05, 0.1) is 6.26 Å². The number of unbranched alkanes of at least 4 members (excludes halogenated alkanes) is 3. The summed E-state index contributed by atoms with van der Waals surface area (Å²) in [5.74, 6) is -0.787. The fraction of sp³-hybridized carbons (Fsp3) is 0.348. The second kappa shape index (κ2) is 11.5. The summed E-state index contributed by atoms with van der Waals surface area (Å²) in [6.45, 7) is 0.790. The Bertz CT molecular complexity index is 890. The smallest absolute Gasteiger partial charge is 0.303 e. The molecule has 0 aliphatic rings. The third kappa shape index (κ3) is 9.07. The van der Waals surface area contributed by atoms with E-state index in [1.165, 1.54) is 10.6 Å². The molecule has 0 radical (unpaired) electrons. The molecule has 2 aromatic carbocycles. The SMILES string of the molecule is CS(=O)(=O)N(CCCCCCC(=O)O)Cc1ccc(C=Cc2ccccc2)cc1. The molecular weight excluding hydrogens is 386 g/mol. The van der Waals surface area contributed by atoms with Crippen molar-refractivity contribution in [1.29, 1.82) is 0 Å². The van der Waals surface area contributed by atoms with Crippen molar-refractivity contribution in [1.82, 2.24) is 4.31 Å². The van der Waals surface area contributed by atoms with Crippen LogP contribution < -0.4 is 0 Å². The van der Waals surface area contributed by atoms with E-state index in [-0.39, 0.29) is 6.42 Å². The van der Waals surface area contributed by atoms with E-state index in [0.29, 0.717) is 19.5 Å². The van der Waals surface area contributed by atoms with E-state index >= 15 is 0 Å². The molecule has 6 heteroatoms. The van der Waals surface area contributed by atoms with Crippen molar-refractivity contribution in [3.8, 4) is 0 Å². The summed E-state index contributed by atoms with van der Waals surface area (Å²) < 4.78 is 25.7. The first-order valence-corrected chi connectivity index (χ1v) is 11.7. The van der Waals surface area contributed by atoms with Gasteiger partial charge in [0.1, 0.15) is 0 Å². The maximum atomic E-state index is 12.1. The number of aliphatic carboxylic acids is 1. The summed E-state index contributed by atoms with van der Waals surface area (Å²) >= 11 is 0. The standard InChI is InChI=1S/C23H29NO4S/c1-29(27,28)24(18-8-3-2-7-11-23(25)26)19-22-16-14-21(15-17-22)13-12-20-9-5-4-6-10-20/h4-6,9-10,12-17H,2-3,7-8,11,18-19H2,1H3,(H,25,26). The van der Waals surface area contributed by atoms with Gasteiger partial charge in [-0.15, -0.1) is 0 Å². The minimum Gasteiger partial charge on any atom is -0.481 e. The molecule has 2 aromatic rings. The maximum Gasteiger partial charge on any atom is 0.303 e. The van der Waals surface area contributed by atoms with Crippen molar-refractivity contribution in [2.75, 3.05) is 12.8 Å². The molecule has 0 fully saturated rings. The first kappa shape index (κ1) is 22.8. The second-order valence-corrected chi connectivity index (χ2v) is 9.12. The molecule has 0 bridgehead atoms. The van der Waals surface area contributed by atoms with Gasteiger partial charge in [-0.1, -0.05) is 79.6 Å². The Balaban J connectivity index is 1.88. The summed E-state index contributed by atoms with van der Waals surface area (Å²) in [7, 11) is -3.30. The Hall–Kier alpha value is -2.44. The first-order chi connectivity index (χ1) is 13.8. The number of rotatable bonds is 12. The number of carboxylic acids is 1. The zero-order chi connectivity index (χ0) is 21.1. The van der Waals surface area contributed by atoms with Gasteiger partial charge in [0, 0.05) is 19.5 Å². The van der Waals surface area contributed by atoms with E-state index in [2.05, 4.69) is 0 Å². The van der Waals surface area contributed by atoms with Crippen LogP contribution in [0, 0.1) is 0 Å². The van der Waals surface area contributed by atoms with Crippen LogP contribution in [0.3, 0.4) is 0 Å². The molecule has 0 aliphatic carbocycles. The molecule has 156 valence electrons. The highest BCUT2D eigenvalue weighted by molar-refractivity contribution is 7.88. The first-order valence-electron chi connectivity index (χ1n) is 9.83. The molecule has 5 nitrogen and oxygen atoms in total. The lowest BCUT2D eigenvalue weighted by Crippen LogP contribution is -2.30. The molecule has 0 saturated carbocycles. The van der Waals surface area contributed by atoms with Crippen LogP contribution in [-0.2, 0) is 21.4 Å². The van der Waals surface area contributed by atoms with Crippen molar-refractivity contribution in [3.05, 3.63) is 71.3 Å². The zero-order valence-corrected chi connectivity index (χ0v) is 17.6. The summed E-state index contributed by atoms with van der Waals surface area (Å²) in [5, 5.41) is 8.65. The van der Waals surface area contributed by atoms with Gasteiger partial charge in [-0.05, 0) is 29.5 Å². The summed E-state index contributed by atoms with van der Waals surface area (Å²) in [5.41, 5.74) is 3.13. The van der Waals surface area contributed by atoms with Crippen molar-refractivity contribution < 1.29 is 18.3 Å². The fourth-order valence-corrected chi connectivity index (χ4v) is 3.82. The van der Waals surface area contributed by atoms with Crippen molar-refractivity contribution in [2.45, 2.75) is 38.6 Å². The van der Waals surface area contributed by atoms with E-state index in [0.717, 1.165) is 36.0 Å². The van der Waals surface area contributed by atoms with Gasteiger partial charge in [-0.2, -0.15) is 4.31 Å². The third-order valence-electron chi connectivity index (χ3n) is 4.62. The van der Waals surface area contributed by atoms with E-state index in [9.17, 15) is 13.2 Å². The van der Waals surface area contributed by atoms with Crippen LogP contribution >= 0.6 is 0 Å². The number of nitrogens with zero attached hydrogens (tertiary/aromatic N) is 1. The molecule has 0 atom stereocenters. The third-order valence-corrected chi connectivity index (χ3v) is 5.87. The van der Waals surface area contributed by atoms with Crippen LogP contribution in [0.1, 0.15) is 48.8 Å². The summed E-state index contributed by atoms with van der Waals surface area (Å²) in [4.78, 5) is 10.5. The Kier molecular flexibility index (Phi) is 9.09. The van der Waals surface area contributed by atoms with E-state index < -0.39 is 16.0 Å². The highest BCUT2D eigenvalue weighted by Crippen LogP contribution is 2.14. The predicted octanol–water partition coefficient (Wildman–Crippen LogP) is 4.65. The number of hydrogen-bond acceptors (Lipinski definition) is 3. The number of benzene rings is 2. The van der Waals surface area contributed by atoms with E-state index in [1.54, 1.807) is 0 Å². The minimum absolute atomic E-state index is 0.168. The number of hydrogen-bond donors (Lipinski definition) is 1. The quantitative estimate of drug-likeness (QED) is 0.404. The van der Waals surface area contributed by atoms with Crippen molar-refractivity contribution in [2.24, 2.45) is 0 Å². The molecule has 1 N–H and O–H groups in total. The minimum atomic E-state index is -3.30. The molecule has 0 heterocycles. The highest BCUT2D eigenvalue weighted by Gasteiger charge is 2.16. The van der Waals surface area contributed by atoms with E-state index in [4.69, 9.17) is 5.11 Å². The Morgan fingerprint density at radius 2 is 1.48 bits per heavy atom. The summed E-state index contributed by atoms with van der Waals surface area (Å²) in [6, 6.07) is 17.9. The van der Waals surface area contributed by atoms with Crippen LogP contribution in [-0.4, -0.2) is 36.6 Å². The lowest BCUT2D eigenvalue weighted by molar-refractivity contribution is -0.137. The predicted molar refractivity (Wildman–Crippen MR) is 118 cm³/mol. The second-order valence-electron chi connectivity index (χ2n) is 7.14. The maximum absolute atomic E-state index is 12.1. The van der Waals surface area contributed by atoms with Crippen molar-refractivity contribution in [3.63, 3.8) is 0 Å². The van der Waals surface area contributed by atoms with Crippen LogP contribution in [0.2, 0.25) is 0 Å². The molecule has 0 saturated heterocycles. The van der Waals surface area contributed by atoms with Gasteiger partial charge in [0.2, 0.25) is 10.0 Å². The van der Waals surface area contributed by atoms with Crippen LogP contribution in [0.15, 0.2) is 54.6 Å². The lowest BCUT2D eigenvalue weighted by Gasteiger charge is -2.20. The number of carbonyl (C=O) groups is 1.